The van der Waals surface area contributed by atoms with E-state index in [0.717, 1.165) is 28.7 Å². The molecule has 0 bridgehead atoms. The summed E-state index contributed by atoms with van der Waals surface area (Å²) in [7, 11) is 0. The average molecular weight is 451 g/mol. The van der Waals surface area contributed by atoms with Gasteiger partial charge in [-0.05, 0) is 47.9 Å². The van der Waals surface area contributed by atoms with Gasteiger partial charge in [0.05, 0.1) is 12.0 Å². The molecular formula is C26H30N2O5. The van der Waals surface area contributed by atoms with Crippen molar-refractivity contribution < 1.29 is 24.2 Å². The Morgan fingerprint density at radius 2 is 1.67 bits per heavy atom. The Morgan fingerprint density at radius 1 is 1.06 bits per heavy atom. The van der Waals surface area contributed by atoms with Crippen LogP contribution >= 0.6 is 0 Å². The number of rotatable bonds is 9. The van der Waals surface area contributed by atoms with Gasteiger partial charge in [0, 0.05) is 18.4 Å². The fourth-order valence-corrected chi connectivity index (χ4v) is 4.91. The average Bonchev–Trinajstić information content (AvgIpc) is 3.09. The van der Waals surface area contributed by atoms with Crippen molar-refractivity contribution in [2.75, 3.05) is 6.61 Å². The molecule has 0 aromatic heterocycles. The van der Waals surface area contributed by atoms with E-state index in [-0.39, 0.29) is 37.3 Å². The molecule has 2 amide bonds. The Labute approximate surface area is 193 Å². The van der Waals surface area contributed by atoms with E-state index in [1.165, 1.54) is 0 Å². The standard InChI is InChI=1S/C26H30N2O5/c1-2-17(14-23(29)28-26(12-7-13-26)15-24(30)31)27-25(32)33-16-22-20-10-5-3-8-18(20)19-9-4-6-11-21(19)22/h3-6,8-11,17,22H,2,7,12-16H2,1H3,(H,27,32)(H,28,29)(H,30,31). The van der Waals surface area contributed by atoms with E-state index >= 15 is 0 Å². The smallest absolute Gasteiger partial charge is 0.407 e. The van der Waals surface area contributed by atoms with Gasteiger partial charge < -0.3 is 20.5 Å². The van der Waals surface area contributed by atoms with Crippen LogP contribution in [0.15, 0.2) is 48.5 Å². The monoisotopic (exact) mass is 450 g/mol. The maximum atomic E-state index is 12.5. The number of carbonyl (C=O) groups is 3. The van der Waals surface area contributed by atoms with Crippen LogP contribution in [-0.2, 0) is 14.3 Å². The molecule has 0 aliphatic heterocycles. The van der Waals surface area contributed by atoms with E-state index in [4.69, 9.17) is 9.84 Å². The van der Waals surface area contributed by atoms with Crippen molar-refractivity contribution in [2.45, 2.75) is 62.9 Å². The molecule has 7 heteroatoms. The molecule has 0 spiro atoms. The number of nitrogens with one attached hydrogen (secondary N) is 2. The van der Waals surface area contributed by atoms with Crippen LogP contribution in [0.3, 0.4) is 0 Å². The molecule has 0 radical (unpaired) electrons. The number of ether oxygens (including phenoxy) is 1. The lowest BCUT2D eigenvalue weighted by Gasteiger charge is -2.41. The first-order chi connectivity index (χ1) is 15.9. The van der Waals surface area contributed by atoms with E-state index in [1.807, 2.05) is 31.2 Å². The van der Waals surface area contributed by atoms with Crippen LogP contribution in [0.4, 0.5) is 4.79 Å². The number of hydrogen-bond donors (Lipinski definition) is 3. The van der Waals surface area contributed by atoms with Gasteiger partial charge in [0.2, 0.25) is 5.91 Å². The van der Waals surface area contributed by atoms with Gasteiger partial charge in [-0.1, -0.05) is 55.5 Å². The number of fused-ring (bicyclic) bond motifs is 3. The Bertz CT molecular complexity index is 1000. The summed E-state index contributed by atoms with van der Waals surface area (Å²) in [6.07, 6.45) is 2.26. The minimum atomic E-state index is -0.918. The maximum absolute atomic E-state index is 12.5. The zero-order valence-electron chi connectivity index (χ0n) is 18.8. The number of aliphatic carboxylic acids is 1. The van der Waals surface area contributed by atoms with Crippen molar-refractivity contribution in [1.82, 2.24) is 10.6 Å². The van der Waals surface area contributed by atoms with Gasteiger partial charge in [-0.2, -0.15) is 0 Å². The number of carbonyl (C=O) groups excluding carboxylic acids is 2. The first-order valence-electron chi connectivity index (χ1n) is 11.5. The van der Waals surface area contributed by atoms with Gasteiger partial charge in [0.25, 0.3) is 0 Å². The molecule has 7 nitrogen and oxygen atoms in total. The number of carboxylic acids is 1. The second-order valence-electron chi connectivity index (χ2n) is 9.03. The second kappa shape index (κ2) is 9.65. The molecule has 1 atom stereocenters. The molecule has 1 unspecified atom stereocenters. The fraction of sp³-hybridized carbons (Fsp3) is 0.423. The minimum Gasteiger partial charge on any atom is -0.481 e. The quantitative estimate of drug-likeness (QED) is 0.531. The van der Waals surface area contributed by atoms with E-state index in [9.17, 15) is 14.4 Å². The molecule has 2 aliphatic rings. The van der Waals surface area contributed by atoms with Crippen LogP contribution in [0.5, 0.6) is 0 Å². The van der Waals surface area contributed by atoms with Crippen molar-refractivity contribution in [2.24, 2.45) is 0 Å². The molecule has 0 saturated heterocycles. The van der Waals surface area contributed by atoms with E-state index in [2.05, 4.69) is 34.9 Å². The Kier molecular flexibility index (Phi) is 6.67. The normalized spacial score (nSPS) is 16.6. The number of alkyl carbamates (subject to hydrolysis) is 1. The van der Waals surface area contributed by atoms with Crippen LogP contribution in [0.2, 0.25) is 0 Å². The largest absolute Gasteiger partial charge is 0.481 e. The first-order valence-corrected chi connectivity index (χ1v) is 11.5. The van der Waals surface area contributed by atoms with Gasteiger partial charge in [-0.15, -0.1) is 0 Å². The van der Waals surface area contributed by atoms with Crippen molar-refractivity contribution in [3.8, 4) is 11.1 Å². The van der Waals surface area contributed by atoms with Gasteiger partial charge in [0.15, 0.2) is 0 Å². The lowest BCUT2D eigenvalue weighted by Crippen LogP contribution is -2.55. The summed E-state index contributed by atoms with van der Waals surface area (Å²) in [5, 5.41) is 14.8. The highest BCUT2D eigenvalue weighted by atomic mass is 16.5. The summed E-state index contributed by atoms with van der Waals surface area (Å²) in [4.78, 5) is 36.2. The van der Waals surface area contributed by atoms with Crippen molar-refractivity contribution >= 4 is 18.0 Å². The summed E-state index contributed by atoms with van der Waals surface area (Å²) >= 11 is 0. The molecule has 3 N–H and O–H groups in total. The van der Waals surface area contributed by atoms with Gasteiger partial charge in [-0.25, -0.2) is 4.79 Å². The zero-order valence-corrected chi connectivity index (χ0v) is 18.8. The Morgan fingerprint density at radius 3 is 2.18 bits per heavy atom. The highest BCUT2D eigenvalue weighted by Crippen LogP contribution is 2.44. The topological polar surface area (TPSA) is 105 Å². The van der Waals surface area contributed by atoms with Crippen LogP contribution in [0, 0.1) is 0 Å². The Balaban J connectivity index is 1.32. The lowest BCUT2D eigenvalue weighted by atomic mass is 9.74. The van der Waals surface area contributed by atoms with Gasteiger partial charge in [-0.3, -0.25) is 9.59 Å². The van der Waals surface area contributed by atoms with Gasteiger partial charge in [0.1, 0.15) is 6.61 Å². The van der Waals surface area contributed by atoms with E-state index < -0.39 is 17.6 Å². The third-order valence-electron chi connectivity index (χ3n) is 6.80. The molecular weight excluding hydrogens is 420 g/mol. The predicted octanol–water partition coefficient (Wildman–Crippen LogP) is 4.21. The van der Waals surface area contributed by atoms with Crippen LogP contribution in [0.25, 0.3) is 11.1 Å². The third kappa shape index (κ3) is 5.02. The Hall–Kier alpha value is -3.35. The molecule has 2 aliphatic carbocycles. The number of carboxylic acid groups (broad SMARTS) is 1. The van der Waals surface area contributed by atoms with E-state index in [1.54, 1.807) is 0 Å². The molecule has 2 aromatic carbocycles. The SMILES string of the molecule is CCC(CC(=O)NC1(CC(=O)O)CCC1)NC(=O)OCC1c2ccccc2-c2ccccc21. The van der Waals surface area contributed by atoms with Crippen LogP contribution in [0.1, 0.15) is 62.5 Å². The molecule has 1 fully saturated rings. The summed E-state index contributed by atoms with van der Waals surface area (Å²) < 4.78 is 5.58. The minimum absolute atomic E-state index is 0.0268. The molecule has 174 valence electrons. The van der Waals surface area contributed by atoms with E-state index in [0.29, 0.717) is 19.3 Å². The van der Waals surface area contributed by atoms with Crippen molar-refractivity contribution in [1.29, 1.82) is 0 Å². The summed E-state index contributed by atoms with van der Waals surface area (Å²) in [6, 6.07) is 15.9. The van der Waals surface area contributed by atoms with Crippen molar-refractivity contribution in [3.63, 3.8) is 0 Å². The summed E-state index contributed by atoms with van der Waals surface area (Å²) in [6.45, 7) is 2.10. The summed E-state index contributed by atoms with van der Waals surface area (Å²) in [5.41, 5.74) is 3.96. The second-order valence-corrected chi connectivity index (χ2v) is 9.03. The molecule has 0 heterocycles. The van der Waals surface area contributed by atoms with Gasteiger partial charge >= 0.3 is 12.1 Å². The lowest BCUT2D eigenvalue weighted by molar-refractivity contribution is -0.140. The predicted molar refractivity (Wildman–Crippen MR) is 124 cm³/mol. The third-order valence-corrected chi connectivity index (χ3v) is 6.80. The highest BCUT2D eigenvalue weighted by molar-refractivity contribution is 5.80. The number of hydrogen-bond acceptors (Lipinski definition) is 4. The highest BCUT2D eigenvalue weighted by Gasteiger charge is 2.40. The first kappa shape index (κ1) is 22.8. The molecule has 1 saturated carbocycles. The number of amides is 2. The zero-order chi connectivity index (χ0) is 23.4. The van der Waals surface area contributed by atoms with Crippen molar-refractivity contribution in [3.05, 3.63) is 59.7 Å². The maximum Gasteiger partial charge on any atom is 0.407 e. The summed E-state index contributed by atoms with van der Waals surface area (Å²) in [5.74, 6) is -1.19. The molecule has 2 aromatic rings. The van der Waals surface area contributed by atoms with Crippen LogP contribution in [-0.4, -0.2) is 41.3 Å². The molecule has 4 rings (SSSR count). The number of benzene rings is 2. The molecule has 33 heavy (non-hydrogen) atoms. The van der Waals surface area contributed by atoms with Crippen LogP contribution < -0.4 is 10.6 Å². The fourth-order valence-electron chi connectivity index (χ4n) is 4.91.